The van der Waals surface area contributed by atoms with Gasteiger partial charge in [-0.15, -0.1) is 0 Å². The molecule has 2 aromatic heterocycles. The van der Waals surface area contributed by atoms with Crippen molar-refractivity contribution >= 4 is 17.7 Å². The van der Waals surface area contributed by atoms with Crippen molar-refractivity contribution in [1.29, 1.82) is 0 Å². The molecular formula is C25H33N5O4. The van der Waals surface area contributed by atoms with Crippen molar-refractivity contribution in [2.45, 2.75) is 64.7 Å². The van der Waals surface area contributed by atoms with Crippen LogP contribution in [0.4, 0.5) is 5.88 Å². The Kier molecular flexibility index (Phi) is 6.06. The Hall–Kier alpha value is -2.94. The lowest BCUT2D eigenvalue weighted by atomic mass is 9.73. The van der Waals surface area contributed by atoms with Crippen LogP contribution in [0.2, 0.25) is 0 Å². The van der Waals surface area contributed by atoms with Gasteiger partial charge >= 0.3 is 0 Å². The lowest BCUT2D eigenvalue weighted by Crippen LogP contribution is -2.36. The minimum atomic E-state index is -0.358. The standard InChI is InChI=1S/C25H33N5O4/c1-15-20(17-8-13-33-14-9-17)29-34-24(15)28-23(32)21(27-22(31)18-7-12-26-30(18)3)19(16-5-4-6-16)25(2)10-11-25/h7,12,16-17H,4-6,8-11,13-14H2,1-3H3,(H,27,31)(H,28,32)/b21-19+. The van der Waals surface area contributed by atoms with Crippen molar-refractivity contribution in [3.8, 4) is 0 Å². The molecule has 1 saturated heterocycles. The second-order valence-corrected chi connectivity index (χ2v) is 10.1. The molecule has 0 radical (unpaired) electrons. The maximum Gasteiger partial charge on any atom is 0.274 e. The van der Waals surface area contributed by atoms with Crippen LogP contribution in [0.5, 0.6) is 0 Å². The van der Waals surface area contributed by atoms with Crippen molar-refractivity contribution in [2.75, 3.05) is 18.5 Å². The molecule has 0 unspecified atom stereocenters. The minimum absolute atomic E-state index is 0.0544. The molecule has 0 bridgehead atoms. The minimum Gasteiger partial charge on any atom is -0.381 e. The van der Waals surface area contributed by atoms with Crippen LogP contribution in [0.25, 0.3) is 0 Å². The third-order valence-corrected chi connectivity index (χ3v) is 7.75. The van der Waals surface area contributed by atoms with Crippen LogP contribution in [-0.2, 0) is 16.6 Å². The highest BCUT2D eigenvalue weighted by atomic mass is 16.5. The molecule has 2 aromatic rings. The van der Waals surface area contributed by atoms with Crippen LogP contribution < -0.4 is 10.6 Å². The highest BCUT2D eigenvalue weighted by Gasteiger charge is 2.48. The molecule has 1 aliphatic heterocycles. The molecule has 3 fully saturated rings. The number of nitrogens with zero attached hydrogens (tertiary/aromatic N) is 3. The zero-order valence-electron chi connectivity index (χ0n) is 20.1. The maximum absolute atomic E-state index is 13.7. The fraction of sp³-hybridized carbons (Fsp3) is 0.600. The average Bonchev–Trinajstić information content (AvgIpc) is 3.21. The predicted molar refractivity (Wildman–Crippen MR) is 125 cm³/mol. The van der Waals surface area contributed by atoms with Gasteiger partial charge in [-0.25, -0.2) is 0 Å². The Morgan fingerprint density at radius 1 is 1.18 bits per heavy atom. The number of allylic oxidation sites excluding steroid dienone is 1. The van der Waals surface area contributed by atoms with Crippen molar-refractivity contribution < 1.29 is 18.8 Å². The third-order valence-electron chi connectivity index (χ3n) is 7.75. The molecule has 0 aromatic carbocycles. The van der Waals surface area contributed by atoms with Gasteiger partial charge in [0, 0.05) is 37.9 Å². The number of aromatic nitrogens is 3. The van der Waals surface area contributed by atoms with E-state index in [9.17, 15) is 9.59 Å². The van der Waals surface area contributed by atoms with Crippen molar-refractivity contribution in [2.24, 2.45) is 18.4 Å². The smallest absolute Gasteiger partial charge is 0.274 e. The number of anilines is 1. The van der Waals surface area contributed by atoms with E-state index < -0.39 is 0 Å². The predicted octanol–water partition coefficient (Wildman–Crippen LogP) is 3.83. The number of hydrogen-bond acceptors (Lipinski definition) is 6. The summed E-state index contributed by atoms with van der Waals surface area (Å²) in [4.78, 5) is 26.8. The monoisotopic (exact) mass is 467 g/mol. The number of carbonyl (C=O) groups excluding carboxylic acids is 2. The molecular weight excluding hydrogens is 434 g/mol. The fourth-order valence-electron chi connectivity index (χ4n) is 5.16. The van der Waals surface area contributed by atoms with Crippen LogP contribution in [-0.4, -0.2) is 40.0 Å². The lowest BCUT2D eigenvalue weighted by Gasteiger charge is -2.34. The van der Waals surface area contributed by atoms with Gasteiger partial charge in [-0.1, -0.05) is 18.5 Å². The molecule has 34 heavy (non-hydrogen) atoms. The van der Waals surface area contributed by atoms with E-state index in [0.717, 1.165) is 61.8 Å². The van der Waals surface area contributed by atoms with E-state index in [1.807, 2.05) is 6.92 Å². The van der Waals surface area contributed by atoms with E-state index in [4.69, 9.17) is 9.26 Å². The van der Waals surface area contributed by atoms with Crippen LogP contribution in [0.3, 0.4) is 0 Å². The highest BCUT2D eigenvalue weighted by Crippen LogP contribution is 2.57. The van der Waals surface area contributed by atoms with Gasteiger partial charge in [-0.3, -0.25) is 19.6 Å². The van der Waals surface area contributed by atoms with Gasteiger partial charge in [0.1, 0.15) is 11.4 Å². The summed E-state index contributed by atoms with van der Waals surface area (Å²) in [5, 5.41) is 14.2. The third kappa shape index (κ3) is 4.29. The quantitative estimate of drug-likeness (QED) is 0.599. The molecule has 3 aliphatic rings. The molecule has 0 atom stereocenters. The van der Waals surface area contributed by atoms with Crippen LogP contribution in [0.1, 0.15) is 79.5 Å². The lowest BCUT2D eigenvalue weighted by molar-refractivity contribution is -0.113. The summed E-state index contributed by atoms with van der Waals surface area (Å²) in [5.74, 6) is 0.215. The zero-order chi connectivity index (χ0) is 23.9. The summed E-state index contributed by atoms with van der Waals surface area (Å²) in [6.07, 6.45) is 8.61. The largest absolute Gasteiger partial charge is 0.381 e. The van der Waals surface area contributed by atoms with Gasteiger partial charge in [-0.05, 0) is 68.4 Å². The topological polar surface area (TPSA) is 111 Å². The van der Waals surface area contributed by atoms with Crippen molar-refractivity contribution in [3.63, 3.8) is 0 Å². The first-order valence-corrected chi connectivity index (χ1v) is 12.3. The Bertz CT molecular complexity index is 1120. The summed E-state index contributed by atoms with van der Waals surface area (Å²) in [7, 11) is 1.71. The number of hydrogen-bond donors (Lipinski definition) is 2. The fourth-order valence-corrected chi connectivity index (χ4v) is 5.16. The van der Waals surface area contributed by atoms with E-state index in [1.165, 1.54) is 4.68 Å². The number of rotatable bonds is 7. The summed E-state index contributed by atoms with van der Waals surface area (Å²) < 4.78 is 12.5. The molecule has 0 spiro atoms. The summed E-state index contributed by atoms with van der Waals surface area (Å²) >= 11 is 0. The molecule has 182 valence electrons. The van der Waals surface area contributed by atoms with Gasteiger partial charge in [0.2, 0.25) is 5.88 Å². The molecule has 2 saturated carbocycles. The van der Waals surface area contributed by atoms with Gasteiger partial charge in [0.25, 0.3) is 11.8 Å². The first-order valence-electron chi connectivity index (χ1n) is 12.3. The molecule has 5 rings (SSSR count). The van der Waals surface area contributed by atoms with E-state index in [1.54, 1.807) is 19.3 Å². The average molecular weight is 468 g/mol. The van der Waals surface area contributed by atoms with E-state index >= 15 is 0 Å². The summed E-state index contributed by atoms with van der Waals surface area (Å²) in [5.41, 5.74) is 3.46. The Labute approximate surface area is 199 Å². The van der Waals surface area contributed by atoms with E-state index in [0.29, 0.717) is 36.4 Å². The molecule has 3 heterocycles. The molecule has 9 nitrogen and oxygen atoms in total. The number of amides is 2. The van der Waals surface area contributed by atoms with Crippen molar-refractivity contribution in [3.05, 3.63) is 40.5 Å². The first kappa shape index (κ1) is 22.8. The van der Waals surface area contributed by atoms with Gasteiger partial charge in [-0.2, -0.15) is 5.10 Å². The molecule has 2 N–H and O–H groups in total. The Morgan fingerprint density at radius 3 is 2.50 bits per heavy atom. The summed E-state index contributed by atoms with van der Waals surface area (Å²) in [6.45, 7) is 5.51. The second kappa shape index (κ2) is 9.02. The van der Waals surface area contributed by atoms with Gasteiger partial charge < -0.3 is 14.6 Å². The second-order valence-electron chi connectivity index (χ2n) is 10.1. The van der Waals surface area contributed by atoms with Gasteiger partial charge in [0.15, 0.2) is 0 Å². The van der Waals surface area contributed by atoms with Crippen LogP contribution in [0, 0.1) is 18.3 Å². The first-order chi connectivity index (χ1) is 16.4. The summed E-state index contributed by atoms with van der Waals surface area (Å²) in [6, 6.07) is 1.65. The zero-order valence-corrected chi connectivity index (χ0v) is 20.1. The molecule has 9 heteroatoms. The van der Waals surface area contributed by atoms with Crippen molar-refractivity contribution in [1.82, 2.24) is 20.3 Å². The molecule has 2 amide bonds. The van der Waals surface area contributed by atoms with Crippen LogP contribution >= 0.6 is 0 Å². The SMILES string of the molecule is Cc1c(C2CCOCC2)noc1NC(=O)/C(NC(=O)c1ccnn1C)=C(/C1CCC1)C1(C)CC1. The normalized spacial score (nSPS) is 20.9. The Balaban J connectivity index is 1.45. The van der Waals surface area contributed by atoms with Crippen LogP contribution in [0.15, 0.2) is 28.1 Å². The number of carbonyl (C=O) groups is 2. The van der Waals surface area contributed by atoms with Gasteiger partial charge in [0.05, 0.1) is 5.69 Å². The number of ether oxygens (including phenoxy) is 1. The van der Waals surface area contributed by atoms with E-state index in [-0.39, 0.29) is 23.1 Å². The molecule has 2 aliphatic carbocycles. The number of aryl methyl sites for hydroxylation is 1. The highest BCUT2D eigenvalue weighted by molar-refractivity contribution is 6.08. The Morgan fingerprint density at radius 2 is 1.91 bits per heavy atom. The maximum atomic E-state index is 13.7. The van der Waals surface area contributed by atoms with E-state index in [2.05, 4.69) is 27.8 Å². The number of nitrogens with one attached hydrogen (secondary N) is 2.